The SMILES string of the molecule is CC1(c2ccco2)NC(=O)N(Cc2cc(-c3ccco3)on2)C1=O. The van der Waals surface area contributed by atoms with Gasteiger partial charge in [0.25, 0.3) is 5.91 Å². The summed E-state index contributed by atoms with van der Waals surface area (Å²) in [5, 5.41) is 6.54. The fourth-order valence-electron chi connectivity index (χ4n) is 2.65. The normalized spacial score (nSPS) is 20.6. The average Bonchev–Trinajstić information content (AvgIpc) is 3.34. The van der Waals surface area contributed by atoms with Crippen LogP contribution in [-0.4, -0.2) is 22.0 Å². The van der Waals surface area contributed by atoms with Crippen LogP contribution in [0.15, 0.2) is 56.2 Å². The molecule has 3 aromatic rings. The maximum absolute atomic E-state index is 12.7. The van der Waals surface area contributed by atoms with Gasteiger partial charge in [0.1, 0.15) is 11.5 Å². The third-order valence-corrected chi connectivity index (χ3v) is 3.93. The second-order valence-electron chi connectivity index (χ2n) is 5.58. The number of aromatic nitrogens is 1. The van der Waals surface area contributed by atoms with Crippen LogP contribution in [0.25, 0.3) is 11.5 Å². The number of furan rings is 2. The molecular weight excluding hydrogens is 314 g/mol. The number of carbonyl (C=O) groups is 2. The van der Waals surface area contributed by atoms with Gasteiger partial charge in [0.2, 0.25) is 5.76 Å². The zero-order chi connectivity index (χ0) is 16.7. The molecule has 1 saturated heterocycles. The Bertz CT molecular complexity index is 881. The van der Waals surface area contributed by atoms with Crippen molar-refractivity contribution in [1.82, 2.24) is 15.4 Å². The van der Waals surface area contributed by atoms with Gasteiger partial charge < -0.3 is 18.7 Å². The quantitative estimate of drug-likeness (QED) is 0.739. The number of hydrogen-bond donors (Lipinski definition) is 1. The minimum absolute atomic E-state index is 0.00876. The van der Waals surface area contributed by atoms with Gasteiger partial charge in [-0.1, -0.05) is 5.16 Å². The average molecular weight is 327 g/mol. The van der Waals surface area contributed by atoms with Crippen molar-refractivity contribution in [3.05, 3.63) is 54.3 Å². The highest BCUT2D eigenvalue weighted by atomic mass is 16.5. The molecule has 0 radical (unpaired) electrons. The Hall–Kier alpha value is -3.29. The van der Waals surface area contributed by atoms with Gasteiger partial charge in [-0.3, -0.25) is 9.69 Å². The zero-order valence-corrected chi connectivity index (χ0v) is 12.7. The molecular formula is C16H13N3O5. The highest BCUT2D eigenvalue weighted by molar-refractivity contribution is 6.06. The first kappa shape index (κ1) is 14.3. The van der Waals surface area contributed by atoms with Crippen LogP contribution in [0, 0.1) is 0 Å². The first-order valence-corrected chi connectivity index (χ1v) is 7.25. The van der Waals surface area contributed by atoms with E-state index in [-0.39, 0.29) is 6.54 Å². The van der Waals surface area contributed by atoms with E-state index in [4.69, 9.17) is 13.4 Å². The lowest BCUT2D eigenvalue weighted by atomic mass is 9.99. The number of rotatable bonds is 4. The van der Waals surface area contributed by atoms with Gasteiger partial charge in [0.15, 0.2) is 11.3 Å². The molecule has 3 aromatic heterocycles. The molecule has 0 aromatic carbocycles. The van der Waals surface area contributed by atoms with Crippen LogP contribution >= 0.6 is 0 Å². The van der Waals surface area contributed by atoms with E-state index < -0.39 is 17.5 Å². The summed E-state index contributed by atoms with van der Waals surface area (Å²) in [4.78, 5) is 26.0. The van der Waals surface area contributed by atoms with Crippen molar-refractivity contribution in [3.63, 3.8) is 0 Å². The summed E-state index contributed by atoms with van der Waals surface area (Å²) in [5.74, 6) is 0.909. The monoisotopic (exact) mass is 327 g/mol. The maximum Gasteiger partial charge on any atom is 0.325 e. The molecule has 8 nitrogen and oxygen atoms in total. The third kappa shape index (κ3) is 2.11. The lowest BCUT2D eigenvalue weighted by Gasteiger charge is -2.18. The Labute approximate surface area is 136 Å². The van der Waals surface area contributed by atoms with Crippen molar-refractivity contribution in [3.8, 4) is 11.5 Å². The molecule has 8 heteroatoms. The van der Waals surface area contributed by atoms with Crippen molar-refractivity contribution in [2.75, 3.05) is 0 Å². The Morgan fingerprint density at radius 3 is 2.67 bits per heavy atom. The molecule has 1 aliphatic rings. The Kier molecular flexibility index (Phi) is 3.05. The van der Waals surface area contributed by atoms with E-state index in [0.717, 1.165) is 4.90 Å². The first-order valence-electron chi connectivity index (χ1n) is 7.25. The number of hydrogen-bond acceptors (Lipinski definition) is 6. The van der Waals surface area contributed by atoms with Crippen LogP contribution in [0.5, 0.6) is 0 Å². The van der Waals surface area contributed by atoms with Crippen molar-refractivity contribution >= 4 is 11.9 Å². The zero-order valence-electron chi connectivity index (χ0n) is 12.7. The molecule has 1 atom stereocenters. The van der Waals surface area contributed by atoms with E-state index in [2.05, 4.69) is 10.5 Å². The van der Waals surface area contributed by atoms with Crippen molar-refractivity contribution in [2.45, 2.75) is 19.0 Å². The van der Waals surface area contributed by atoms with Crippen LogP contribution in [0.4, 0.5) is 4.79 Å². The maximum atomic E-state index is 12.7. The van der Waals surface area contributed by atoms with Gasteiger partial charge in [-0.05, 0) is 31.2 Å². The molecule has 24 heavy (non-hydrogen) atoms. The second-order valence-corrected chi connectivity index (χ2v) is 5.58. The van der Waals surface area contributed by atoms with Gasteiger partial charge in [0.05, 0.1) is 19.1 Å². The minimum Gasteiger partial charge on any atom is -0.466 e. The predicted octanol–water partition coefficient (Wildman–Crippen LogP) is 2.49. The molecule has 0 bridgehead atoms. The Morgan fingerprint density at radius 2 is 1.96 bits per heavy atom. The molecule has 1 N–H and O–H groups in total. The predicted molar refractivity (Wildman–Crippen MR) is 79.3 cm³/mol. The molecule has 0 aliphatic carbocycles. The van der Waals surface area contributed by atoms with E-state index in [0.29, 0.717) is 23.0 Å². The molecule has 1 fully saturated rings. The number of urea groups is 1. The Balaban J connectivity index is 1.57. The molecule has 0 spiro atoms. The number of carbonyl (C=O) groups excluding carboxylic acids is 2. The van der Waals surface area contributed by atoms with Crippen LogP contribution in [-0.2, 0) is 16.9 Å². The van der Waals surface area contributed by atoms with E-state index in [9.17, 15) is 9.59 Å². The molecule has 1 aliphatic heterocycles. The fourth-order valence-corrected chi connectivity index (χ4v) is 2.65. The Morgan fingerprint density at radius 1 is 1.17 bits per heavy atom. The highest BCUT2D eigenvalue weighted by Gasteiger charge is 2.51. The van der Waals surface area contributed by atoms with E-state index in [1.54, 1.807) is 37.3 Å². The lowest BCUT2D eigenvalue weighted by molar-refractivity contribution is -0.132. The van der Waals surface area contributed by atoms with E-state index >= 15 is 0 Å². The molecule has 0 saturated carbocycles. The van der Waals surface area contributed by atoms with Crippen LogP contribution < -0.4 is 5.32 Å². The summed E-state index contributed by atoms with van der Waals surface area (Å²) in [6, 6.07) is 7.88. The second kappa shape index (κ2) is 5.12. The van der Waals surface area contributed by atoms with Crippen molar-refractivity contribution < 1.29 is 22.9 Å². The fraction of sp³-hybridized carbons (Fsp3) is 0.188. The summed E-state index contributed by atoms with van der Waals surface area (Å²) >= 11 is 0. The molecule has 1 unspecified atom stereocenters. The molecule has 3 amide bonds. The van der Waals surface area contributed by atoms with Crippen LogP contribution in [0.2, 0.25) is 0 Å². The summed E-state index contributed by atoms with van der Waals surface area (Å²) in [5.41, 5.74) is -0.790. The van der Waals surface area contributed by atoms with Crippen molar-refractivity contribution in [2.24, 2.45) is 0 Å². The summed E-state index contributed by atoms with van der Waals surface area (Å²) in [6.07, 6.45) is 2.97. The molecule has 4 rings (SSSR count). The number of imide groups is 1. The van der Waals surface area contributed by atoms with Gasteiger partial charge in [-0.2, -0.15) is 0 Å². The van der Waals surface area contributed by atoms with E-state index in [1.165, 1.54) is 12.5 Å². The van der Waals surface area contributed by atoms with Gasteiger partial charge >= 0.3 is 6.03 Å². The molecule has 122 valence electrons. The first-order chi connectivity index (χ1) is 11.6. The van der Waals surface area contributed by atoms with Gasteiger partial charge in [0, 0.05) is 6.07 Å². The standard InChI is InChI=1S/C16H13N3O5/c1-16(13-5-3-7-23-13)14(20)19(15(21)17-16)9-10-8-12(24-18-10)11-4-2-6-22-11/h2-8H,9H2,1H3,(H,17,21). The van der Waals surface area contributed by atoms with E-state index in [1.807, 2.05) is 0 Å². The minimum atomic E-state index is -1.23. The lowest BCUT2D eigenvalue weighted by Crippen LogP contribution is -2.40. The smallest absolute Gasteiger partial charge is 0.325 e. The highest BCUT2D eigenvalue weighted by Crippen LogP contribution is 2.30. The number of nitrogens with one attached hydrogen (secondary N) is 1. The van der Waals surface area contributed by atoms with Crippen LogP contribution in [0.1, 0.15) is 18.4 Å². The van der Waals surface area contributed by atoms with Gasteiger partial charge in [-0.15, -0.1) is 0 Å². The summed E-state index contributed by atoms with van der Waals surface area (Å²) < 4.78 is 15.7. The summed E-state index contributed by atoms with van der Waals surface area (Å²) in [7, 11) is 0. The summed E-state index contributed by atoms with van der Waals surface area (Å²) in [6.45, 7) is 1.59. The van der Waals surface area contributed by atoms with Crippen molar-refractivity contribution in [1.29, 1.82) is 0 Å². The number of amides is 3. The third-order valence-electron chi connectivity index (χ3n) is 3.93. The van der Waals surface area contributed by atoms with Gasteiger partial charge in [-0.25, -0.2) is 4.79 Å². The number of nitrogens with zero attached hydrogens (tertiary/aromatic N) is 2. The van der Waals surface area contributed by atoms with Crippen LogP contribution in [0.3, 0.4) is 0 Å². The largest absolute Gasteiger partial charge is 0.466 e. The topological polar surface area (TPSA) is 102 Å². The molecule has 4 heterocycles.